The number of hydrogen-bond acceptors (Lipinski definition) is 5. The van der Waals surface area contributed by atoms with E-state index in [0.29, 0.717) is 22.5 Å². The van der Waals surface area contributed by atoms with Gasteiger partial charge in [0, 0.05) is 27.4 Å². The van der Waals surface area contributed by atoms with Crippen molar-refractivity contribution in [2.75, 3.05) is 16.4 Å². The Morgan fingerprint density at radius 3 is 2.05 bits per heavy atom. The van der Waals surface area contributed by atoms with E-state index in [4.69, 9.17) is 0 Å². The highest BCUT2D eigenvalue weighted by atomic mass is 32.2. The van der Waals surface area contributed by atoms with Crippen LogP contribution in [0.1, 0.15) is 33.2 Å². The van der Waals surface area contributed by atoms with E-state index in [9.17, 15) is 19.2 Å². The van der Waals surface area contributed by atoms with Crippen molar-refractivity contribution in [3.8, 4) is 0 Å². The van der Waals surface area contributed by atoms with Crippen molar-refractivity contribution in [1.82, 2.24) is 5.32 Å². The summed E-state index contributed by atoms with van der Waals surface area (Å²) in [6.07, 6.45) is 1.61. The summed E-state index contributed by atoms with van der Waals surface area (Å²) in [6.45, 7) is 1.49. The first kappa shape index (κ1) is 28.1. The molecule has 0 radical (unpaired) electrons. The molecule has 0 aliphatic heterocycles. The van der Waals surface area contributed by atoms with Gasteiger partial charge in [-0.15, -0.1) is 11.8 Å². The lowest BCUT2D eigenvalue weighted by molar-refractivity contribution is -0.114. The van der Waals surface area contributed by atoms with Crippen LogP contribution in [0.3, 0.4) is 0 Å². The van der Waals surface area contributed by atoms with Gasteiger partial charge in [0.15, 0.2) is 5.78 Å². The molecule has 0 aromatic heterocycles. The number of Topliss-reactive ketones (excluding diaryl/α,β-unsaturated/α-hetero) is 1. The molecule has 0 fully saturated rings. The maximum atomic E-state index is 13.2. The van der Waals surface area contributed by atoms with Crippen molar-refractivity contribution >= 4 is 52.7 Å². The molecule has 7 nitrogen and oxygen atoms in total. The van der Waals surface area contributed by atoms with E-state index < -0.39 is 11.8 Å². The van der Waals surface area contributed by atoms with Gasteiger partial charge in [-0.05, 0) is 73.2 Å². The highest BCUT2D eigenvalue weighted by Gasteiger charge is 2.15. The van der Waals surface area contributed by atoms with Crippen molar-refractivity contribution in [2.45, 2.75) is 11.8 Å². The second kappa shape index (κ2) is 13.7. The summed E-state index contributed by atoms with van der Waals surface area (Å²) in [7, 11) is 0. The van der Waals surface area contributed by atoms with Crippen LogP contribution >= 0.6 is 11.8 Å². The Morgan fingerprint density at radius 2 is 1.38 bits per heavy atom. The topological polar surface area (TPSA) is 104 Å². The first-order chi connectivity index (χ1) is 19.4. The zero-order valence-corrected chi connectivity index (χ0v) is 22.5. The molecule has 0 unspecified atom stereocenters. The molecule has 0 aliphatic carbocycles. The summed E-state index contributed by atoms with van der Waals surface area (Å²) in [5.74, 6) is -0.974. The maximum Gasteiger partial charge on any atom is 0.272 e. The lowest BCUT2D eigenvalue weighted by atomic mass is 10.1. The second-order valence-corrected chi connectivity index (χ2v) is 9.79. The van der Waals surface area contributed by atoms with Gasteiger partial charge in [-0.1, -0.05) is 54.6 Å². The van der Waals surface area contributed by atoms with Crippen LogP contribution in [0.5, 0.6) is 0 Å². The second-order valence-electron chi connectivity index (χ2n) is 8.74. The average Bonchev–Trinajstić information content (AvgIpc) is 2.97. The van der Waals surface area contributed by atoms with Gasteiger partial charge in [0.1, 0.15) is 5.70 Å². The Kier molecular flexibility index (Phi) is 9.63. The van der Waals surface area contributed by atoms with E-state index in [2.05, 4.69) is 16.0 Å². The highest BCUT2D eigenvalue weighted by Crippen LogP contribution is 2.23. The van der Waals surface area contributed by atoms with Crippen molar-refractivity contribution in [3.63, 3.8) is 0 Å². The third-order valence-corrected chi connectivity index (χ3v) is 6.67. The van der Waals surface area contributed by atoms with Gasteiger partial charge < -0.3 is 16.0 Å². The first-order valence-corrected chi connectivity index (χ1v) is 13.4. The molecular formula is C32H27N3O4S. The summed E-state index contributed by atoms with van der Waals surface area (Å²) in [4.78, 5) is 50.7. The highest BCUT2D eigenvalue weighted by molar-refractivity contribution is 8.00. The Hall–Kier alpha value is -4.95. The molecule has 0 bridgehead atoms. The molecular weight excluding hydrogens is 522 g/mol. The third-order valence-electron chi connectivity index (χ3n) is 5.68. The molecule has 0 spiro atoms. The summed E-state index contributed by atoms with van der Waals surface area (Å²) in [5.41, 5.74) is 2.98. The van der Waals surface area contributed by atoms with Gasteiger partial charge in [0.05, 0.1) is 5.75 Å². The monoisotopic (exact) mass is 549 g/mol. The number of hydrogen-bond donors (Lipinski definition) is 3. The molecule has 200 valence electrons. The van der Waals surface area contributed by atoms with Crippen LogP contribution < -0.4 is 16.0 Å². The standard InChI is InChI=1S/C32H27N3O4S/c1-22(36)24-15-17-26(18-16-24)33-30(37)21-40-28-14-8-13-27(20-28)34-32(39)29(19-23-9-4-2-5-10-23)35-31(38)25-11-6-3-7-12-25/h2-20H,21H2,1H3,(H,33,37)(H,34,39)(H,35,38)/b29-19-. The lowest BCUT2D eigenvalue weighted by Crippen LogP contribution is -2.30. The number of thioether (sulfide) groups is 1. The number of carbonyl (C=O) groups excluding carboxylic acids is 4. The fourth-order valence-corrected chi connectivity index (χ4v) is 4.41. The summed E-state index contributed by atoms with van der Waals surface area (Å²) >= 11 is 1.31. The van der Waals surface area contributed by atoms with Crippen LogP contribution in [0.15, 0.2) is 120 Å². The molecule has 3 amide bonds. The van der Waals surface area contributed by atoms with Crippen LogP contribution in [0.4, 0.5) is 11.4 Å². The Labute approximate surface area is 236 Å². The van der Waals surface area contributed by atoms with Gasteiger partial charge in [0.25, 0.3) is 11.8 Å². The predicted molar refractivity (Wildman–Crippen MR) is 159 cm³/mol. The quantitative estimate of drug-likeness (QED) is 0.127. The predicted octanol–water partition coefficient (Wildman–Crippen LogP) is 6.03. The fourth-order valence-electron chi connectivity index (χ4n) is 3.65. The molecule has 4 aromatic rings. The van der Waals surface area contributed by atoms with Gasteiger partial charge in [0.2, 0.25) is 5.91 Å². The summed E-state index contributed by atoms with van der Waals surface area (Å²) < 4.78 is 0. The average molecular weight is 550 g/mol. The molecule has 0 heterocycles. The van der Waals surface area contributed by atoms with E-state index in [0.717, 1.165) is 10.5 Å². The number of nitrogens with one attached hydrogen (secondary N) is 3. The van der Waals surface area contributed by atoms with Gasteiger partial charge >= 0.3 is 0 Å². The first-order valence-electron chi connectivity index (χ1n) is 12.5. The van der Waals surface area contributed by atoms with Gasteiger partial charge in [-0.25, -0.2) is 0 Å². The number of rotatable bonds is 10. The molecule has 4 rings (SSSR count). The Morgan fingerprint density at radius 1 is 0.700 bits per heavy atom. The van der Waals surface area contributed by atoms with E-state index >= 15 is 0 Å². The number of ketones is 1. The molecule has 0 saturated heterocycles. The van der Waals surface area contributed by atoms with E-state index in [-0.39, 0.29) is 23.1 Å². The van der Waals surface area contributed by atoms with E-state index in [1.807, 2.05) is 42.5 Å². The van der Waals surface area contributed by atoms with Crippen molar-refractivity contribution in [1.29, 1.82) is 0 Å². The minimum absolute atomic E-state index is 0.0401. The van der Waals surface area contributed by atoms with Gasteiger partial charge in [-0.3, -0.25) is 19.2 Å². The summed E-state index contributed by atoms with van der Waals surface area (Å²) in [5, 5.41) is 8.37. The molecule has 3 N–H and O–H groups in total. The zero-order chi connectivity index (χ0) is 28.3. The largest absolute Gasteiger partial charge is 0.325 e. The lowest BCUT2D eigenvalue weighted by Gasteiger charge is -2.12. The Balaban J connectivity index is 1.41. The smallest absolute Gasteiger partial charge is 0.272 e. The Bertz CT molecular complexity index is 1540. The maximum absolute atomic E-state index is 13.2. The third kappa shape index (κ3) is 8.28. The molecule has 4 aromatic carbocycles. The van der Waals surface area contributed by atoms with Crippen LogP contribution in [-0.4, -0.2) is 29.3 Å². The van der Waals surface area contributed by atoms with Crippen molar-refractivity contribution in [3.05, 3.63) is 132 Å². The molecule has 8 heteroatoms. The minimum Gasteiger partial charge on any atom is -0.325 e. The fraction of sp³-hybridized carbons (Fsp3) is 0.0625. The SMILES string of the molecule is CC(=O)c1ccc(NC(=O)CSc2cccc(NC(=O)/C(=C/c3ccccc3)NC(=O)c3ccccc3)c2)cc1. The normalized spacial score (nSPS) is 10.9. The van der Waals surface area contributed by atoms with Crippen molar-refractivity contribution in [2.24, 2.45) is 0 Å². The van der Waals surface area contributed by atoms with Crippen LogP contribution in [0.2, 0.25) is 0 Å². The van der Waals surface area contributed by atoms with Crippen LogP contribution in [0.25, 0.3) is 6.08 Å². The number of anilines is 2. The van der Waals surface area contributed by atoms with E-state index in [1.165, 1.54) is 18.7 Å². The van der Waals surface area contributed by atoms with Gasteiger partial charge in [-0.2, -0.15) is 0 Å². The zero-order valence-electron chi connectivity index (χ0n) is 21.7. The minimum atomic E-state index is -0.484. The summed E-state index contributed by atoms with van der Waals surface area (Å²) in [6, 6.07) is 31.7. The molecule has 0 saturated carbocycles. The van der Waals surface area contributed by atoms with Crippen molar-refractivity contribution < 1.29 is 19.2 Å². The van der Waals surface area contributed by atoms with E-state index in [1.54, 1.807) is 72.8 Å². The number of carbonyl (C=O) groups is 4. The van der Waals surface area contributed by atoms with Crippen LogP contribution in [-0.2, 0) is 9.59 Å². The molecule has 0 aliphatic rings. The molecule has 40 heavy (non-hydrogen) atoms. The number of amides is 3. The van der Waals surface area contributed by atoms with Crippen LogP contribution in [0, 0.1) is 0 Å². The number of benzene rings is 4. The molecule has 0 atom stereocenters.